The topological polar surface area (TPSA) is 52.7 Å². The van der Waals surface area contributed by atoms with E-state index in [-0.39, 0.29) is 24.4 Å². The first-order chi connectivity index (χ1) is 16.4. The van der Waals surface area contributed by atoms with Crippen molar-refractivity contribution in [2.75, 3.05) is 32.7 Å². The van der Waals surface area contributed by atoms with Gasteiger partial charge in [0.15, 0.2) is 0 Å². The first-order valence-electron chi connectivity index (χ1n) is 13.1. The molecular weight excluding hydrogens is 442 g/mol. The van der Waals surface area contributed by atoms with Gasteiger partial charge in [0, 0.05) is 30.9 Å². The molecule has 2 saturated heterocycles. The Kier molecular flexibility index (Phi) is 8.75. The largest absolute Gasteiger partial charge is 0.355 e. The second-order valence-corrected chi connectivity index (χ2v) is 12.1. The minimum absolute atomic E-state index is 0.0140. The molecule has 3 aliphatic rings. The summed E-state index contributed by atoms with van der Waals surface area (Å²) >= 11 is 1.72. The zero-order valence-electron chi connectivity index (χ0n) is 21.1. The van der Waals surface area contributed by atoms with E-state index in [0.717, 1.165) is 67.6 Å². The van der Waals surface area contributed by atoms with E-state index in [1.807, 2.05) is 11.0 Å². The summed E-state index contributed by atoms with van der Waals surface area (Å²) in [7, 11) is 0. The lowest BCUT2D eigenvalue weighted by atomic mass is 9.92. The van der Waals surface area contributed by atoms with Crippen LogP contribution in [0.5, 0.6) is 0 Å². The van der Waals surface area contributed by atoms with E-state index in [0.29, 0.717) is 11.8 Å². The predicted molar refractivity (Wildman–Crippen MR) is 142 cm³/mol. The molecule has 0 aromatic heterocycles. The van der Waals surface area contributed by atoms with Crippen LogP contribution in [0, 0.1) is 18.8 Å². The summed E-state index contributed by atoms with van der Waals surface area (Å²) < 4.78 is 0. The zero-order chi connectivity index (χ0) is 24.1. The standard InChI is InChI=1S/C28H41N3O2S/c1-20-9-11-23(12-10-20)16-26-28(33)31(24-7-4-5-8-25(24)34-26)19-27(32)29-13-6-14-30-17-21(2)15-22(3)18-30/h9-12,16,21-22,24-25H,4-8,13-15,17-19H2,1-3H3,(H,29,32)/b26-16+. The van der Waals surface area contributed by atoms with Gasteiger partial charge in [0.05, 0.1) is 4.91 Å². The highest BCUT2D eigenvalue weighted by atomic mass is 32.2. The van der Waals surface area contributed by atoms with Crippen LogP contribution in [0.1, 0.15) is 63.5 Å². The summed E-state index contributed by atoms with van der Waals surface area (Å²) in [6.45, 7) is 10.9. The van der Waals surface area contributed by atoms with E-state index in [9.17, 15) is 9.59 Å². The van der Waals surface area contributed by atoms with Gasteiger partial charge >= 0.3 is 0 Å². The van der Waals surface area contributed by atoms with Crippen molar-refractivity contribution in [3.63, 3.8) is 0 Å². The minimum atomic E-state index is -0.0281. The molecule has 0 radical (unpaired) electrons. The number of thioether (sulfide) groups is 1. The van der Waals surface area contributed by atoms with E-state index in [4.69, 9.17) is 0 Å². The van der Waals surface area contributed by atoms with Crippen molar-refractivity contribution >= 4 is 29.7 Å². The number of aryl methyl sites for hydroxylation is 1. The summed E-state index contributed by atoms with van der Waals surface area (Å²) in [5, 5.41) is 3.48. The molecule has 4 unspecified atom stereocenters. The van der Waals surface area contributed by atoms with Crippen LogP contribution in [-0.2, 0) is 9.59 Å². The molecule has 3 fully saturated rings. The van der Waals surface area contributed by atoms with Gasteiger partial charge in [0.2, 0.25) is 5.91 Å². The zero-order valence-corrected chi connectivity index (χ0v) is 21.9. The summed E-state index contributed by atoms with van der Waals surface area (Å²) in [5.41, 5.74) is 2.25. The van der Waals surface area contributed by atoms with Crippen molar-refractivity contribution < 1.29 is 9.59 Å². The molecule has 1 aromatic rings. The third-order valence-corrected chi connectivity index (χ3v) is 8.82. The number of likely N-dealkylation sites (tertiary alicyclic amines) is 1. The lowest BCUT2D eigenvalue weighted by Crippen LogP contribution is -2.54. The maximum absolute atomic E-state index is 13.4. The molecule has 186 valence electrons. The maximum Gasteiger partial charge on any atom is 0.261 e. The van der Waals surface area contributed by atoms with Gasteiger partial charge in [-0.3, -0.25) is 9.59 Å². The number of nitrogens with zero attached hydrogens (tertiary/aromatic N) is 2. The number of piperidine rings is 1. The van der Waals surface area contributed by atoms with Crippen LogP contribution in [0.25, 0.3) is 6.08 Å². The first kappa shape index (κ1) is 25.3. The van der Waals surface area contributed by atoms with E-state index in [1.54, 1.807) is 11.8 Å². The molecule has 1 saturated carbocycles. The van der Waals surface area contributed by atoms with Crippen LogP contribution < -0.4 is 5.32 Å². The smallest absolute Gasteiger partial charge is 0.261 e. The van der Waals surface area contributed by atoms with Gasteiger partial charge in [-0.05, 0) is 62.6 Å². The summed E-state index contributed by atoms with van der Waals surface area (Å²) in [4.78, 5) is 31.4. The average Bonchev–Trinajstić information content (AvgIpc) is 2.80. The van der Waals surface area contributed by atoms with Crippen LogP contribution in [0.4, 0.5) is 0 Å². The van der Waals surface area contributed by atoms with E-state index < -0.39 is 0 Å². The molecule has 6 heteroatoms. The van der Waals surface area contributed by atoms with Gasteiger partial charge in [-0.2, -0.15) is 0 Å². The fourth-order valence-electron chi connectivity index (χ4n) is 5.89. The van der Waals surface area contributed by atoms with Gasteiger partial charge in [-0.1, -0.05) is 56.5 Å². The van der Waals surface area contributed by atoms with Crippen LogP contribution in [0.3, 0.4) is 0 Å². The second-order valence-electron chi connectivity index (χ2n) is 10.8. The average molecular weight is 484 g/mol. The van der Waals surface area contributed by atoms with Crippen molar-refractivity contribution in [3.8, 4) is 0 Å². The van der Waals surface area contributed by atoms with Crippen molar-refractivity contribution in [2.24, 2.45) is 11.8 Å². The number of hydrogen-bond acceptors (Lipinski definition) is 4. The Balaban J connectivity index is 1.33. The Morgan fingerprint density at radius 1 is 1.12 bits per heavy atom. The Labute approximate surface area is 209 Å². The SMILES string of the molecule is Cc1ccc(/C=C2/SC3CCCCC3N(CC(=O)NCCCN3CC(C)CC(C)C3)C2=O)cc1. The number of rotatable bonds is 7. The second kappa shape index (κ2) is 11.8. The van der Waals surface area contributed by atoms with Crippen molar-refractivity contribution in [2.45, 2.75) is 70.6 Å². The fourth-order valence-corrected chi connectivity index (χ4v) is 7.36. The van der Waals surface area contributed by atoms with Gasteiger partial charge in [0.25, 0.3) is 5.91 Å². The van der Waals surface area contributed by atoms with Crippen LogP contribution in [-0.4, -0.2) is 65.6 Å². The van der Waals surface area contributed by atoms with Crippen molar-refractivity contribution in [1.82, 2.24) is 15.1 Å². The van der Waals surface area contributed by atoms with Crippen molar-refractivity contribution in [3.05, 3.63) is 40.3 Å². The number of fused-ring (bicyclic) bond motifs is 1. The van der Waals surface area contributed by atoms with Gasteiger partial charge < -0.3 is 15.1 Å². The number of carbonyl (C=O) groups is 2. The van der Waals surface area contributed by atoms with E-state index >= 15 is 0 Å². The van der Waals surface area contributed by atoms with Crippen LogP contribution >= 0.6 is 11.8 Å². The molecule has 1 N–H and O–H groups in total. The molecule has 2 heterocycles. The lowest BCUT2D eigenvalue weighted by molar-refractivity contribution is -0.135. The molecule has 4 rings (SSSR count). The number of nitrogens with one attached hydrogen (secondary N) is 1. The number of carbonyl (C=O) groups excluding carboxylic acids is 2. The fraction of sp³-hybridized carbons (Fsp3) is 0.643. The molecule has 0 bridgehead atoms. The first-order valence-corrected chi connectivity index (χ1v) is 14.0. The Morgan fingerprint density at radius 2 is 1.82 bits per heavy atom. The molecule has 1 aliphatic carbocycles. The van der Waals surface area contributed by atoms with Crippen molar-refractivity contribution in [1.29, 1.82) is 0 Å². The number of benzene rings is 1. The molecular formula is C28H41N3O2S. The quantitative estimate of drug-likeness (QED) is 0.451. The molecule has 0 spiro atoms. The Hall–Kier alpha value is -1.79. The Bertz CT molecular complexity index is 874. The number of hydrogen-bond donors (Lipinski definition) is 1. The van der Waals surface area contributed by atoms with E-state index in [2.05, 4.69) is 55.3 Å². The third-order valence-electron chi connectivity index (χ3n) is 7.42. The summed E-state index contributed by atoms with van der Waals surface area (Å²) in [5.74, 6) is 1.50. The normalized spacial score (nSPS) is 29.2. The summed E-state index contributed by atoms with van der Waals surface area (Å²) in [6, 6.07) is 8.44. The minimum Gasteiger partial charge on any atom is -0.355 e. The molecule has 34 heavy (non-hydrogen) atoms. The molecule has 2 amide bonds. The number of amides is 2. The van der Waals surface area contributed by atoms with Gasteiger partial charge in [-0.25, -0.2) is 0 Å². The Morgan fingerprint density at radius 3 is 2.56 bits per heavy atom. The maximum atomic E-state index is 13.4. The monoisotopic (exact) mass is 483 g/mol. The molecule has 1 aromatic carbocycles. The highest BCUT2D eigenvalue weighted by Gasteiger charge is 2.41. The predicted octanol–water partition coefficient (Wildman–Crippen LogP) is 4.71. The molecule has 2 aliphatic heterocycles. The third kappa shape index (κ3) is 6.66. The molecule has 5 nitrogen and oxygen atoms in total. The summed E-state index contributed by atoms with van der Waals surface area (Å²) in [6.07, 6.45) is 8.73. The molecule has 4 atom stereocenters. The van der Waals surface area contributed by atoms with E-state index in [1.165, 1.54) is 18.4 Å². The lowest BCUT2D eigenvalue weighted by Gasteiger charge is -2.43. The van der Waals surface area contributed by atoms with Gasteiger partial charge in [0.1, 0.15) is 6.54 Å². The highest BCUT2D eigenvalue weighted by molar-refractivity contribution is 8.04. The van der Waals surface area contributed by atoms with Crippen LogP contribution in [0.15, 0.2) is 29.2 Å². The highest BCUT2D eigenvalue weighted by Crippen LogP contribution is 2.42. The van der Waals surface area contributed by atoms with Gasteiger partial charge in [-0.15, -0.1) is 11.8 Å². The van der Waals surface area contributed by atoms with Crippen LogP contribution in [0.2, 0.25) is 0 Å².